The number of carboxylic acid groups (broad SMARTS) is 1. The van der Waals surface area contributed by atoms with Gasteiger partial charge in [-0.3, -0.25) is 0 Å². The lowest BCUT2D eigenvalue weighted by atomic mass is 10.2. The van der Waals surface area contributed by atoms with Crippen molar-refractivity contribution in [2.75, 3.05) is 6.61 Å². The molecule has 0 aromatic heterocycles. The number of rotatable bonds is 8. The van der Waals surface area contributed by atoms with Gasteiger partial charge in [-0.15, -0.1) is 12.4 Å². The fourth-order valence-corrected chi connectivity index (χ4v) is 1.95. The molecule has 0 bridgehead atoms. The quantitative estimate of drug-likeness (QED) is 0.751. The smallest absolute Gasteiger partial charge is 0.408 e. The Kier molecular flexibility index (Phi) is 9.06. The van der Waals surface area contributed by atoms with E-state index in [-0.39, 0.29) is 32.2 Å². The van der Waals surface area contributed by atoms with E-state index in [1.165, 1.54) is 0 Å². The zero-order valence-electron chi connectivity index (χ0n) is 13.5. The van der Waals surface area contributed by atoms with Crippen molar-refractivity contribution in [1.29, 1.82) is 0 Å². The van der Waals surface area contributed by atoms with E-state index in [2.05, 4.69) is 5.32 Å². The van der Waals surface area contributed by atoms with Crippen LogP contribution in [0.2, 0.25) is 0 Å². The van der Waals surface area contributed by atoms with Crippen LogP contribution in [0.5, 0.6) is 0 Å². The van der Waals surface area contributed by atoms with Crippen molar-refractivity contribution in [1.82, 2.24) is 5.32 Å². The SMILES string of the molecule is Cl.O=C(N[C@@H](COCc1ccccc1)C(=O)O)OCc1ccccc1. The van der Waals surface area contributed by atoms with Crippen LogP contribution in [0.4, 0.5) is 4.79 Å². The molecule has 0 saturated carbocycles. The summed E-state index contributed by atoms with van der Waals surface area (Å²) in [6.07, 6.45) is -0.797. The maximum Gasteiger partial charge on any atom is 0.408 e. The number of benzene rings is 2. The van der Waals surface area contributed by atoms with Crippen molar-refractivity contribution in [3.05, 3.63) is 71.8 Å². The number of carboxylic acids is 1. The third kappa shape index (κ3) is 7.69. The number of alkyl carbamates (subject to hydrolysis) is 1. The average molecular weight is 366 g/mol. The third-order valence-corrected chi connectivity index (χ3v) is 3.20. The first kappa shape index (κ1) is 20.5. The van der Waals surface area contributed by atoms with E-state index in [0.29, 0.717) is 0 Å². The van der Waals surface area contributed by atoms with Crippen LogP contribution in [0.3, 0.4) is 0 Å². The zero-order valence-corrected chi connectivity index (χ0v) is 14.3. The number of hydrogen-bond donors (Lipinski definition) is 2. The topological polar surface area (TPSA) is 84.9 Å². The van der Waals surface area contributed by atoms with Crippen LogP contribution in [0.1, 0.15) is 11.1 Å². The molecule has 0 aliphatic carbocycles. The second-order valence-electron chi connectivity index (χ2n) is 5.10. The van der Waals surface area contributed by atoms with E-state index in [4.69, 9.17) is 14.6 Å². The average Bonchev–Trinajstić information content (AvgIpc) is 2.61. The second-order valence-corrected chi connectivity index (χ2v) is 5.10. The molecule has 0 spiro atoms. The number of halogens is 1. The van der Waals surface area contributed by atoms with E-state index in [1.54, 1.807) is 0 Å². The Morgan fingerprint density at radius 2 is 1.44 bits per heavy atom. The van der Waals surface area contributed by atoms with E-state index in [0.717, 1.165) is 11.1 Å². The van der Waals surface area contributed by atoms with Gasteiger partial charge in [0.15, 0.2) is 6.04 Å². The Morgan fingerprint density at radius 3 is 1.96 bits per heavy atom. The summed E-state index contributed by atoms with van der Waals surface area (Å²) in [5.74, 6) is -1.18. The molecule has 2 N–H and O–H groups in total. The lowest BCUT2D eigenvalue weighted by molar-refractivity contribution is -0.141. The summed E-state index contributed by atoms with van der Waals surface area (Å²) in [7, 11) is 0. The highest BCUT2D eigenvalue weighted by molar-refractivity contribution is 5.85. The van der Waals surface area contributed by atoms with E-state index >= 15 is 0 Å². The van der Waals surface area contributed by atoms with Gasteiger partial charge < -0.3 is 19.9 Å². The highest BCUT2D eigenvalue weighted by Crippen LogP contribution is 2.03. The summed E-state index contributed by atoms with van der Waals surface area (Å²) < 4.78 is 10.4. The molecule has 0 fully saturated rings. The molecule has 1 atom stereocenters. The predicted octanol–water partition coefficient (Wildman–Crippen LogP) is 3.00. The number of nitrogens with one attached hydrogen (secondary N) is 1. The number of carbonyl (C=O) groups is 2. The molecule has 0 aliphatic rings. The molecule has 0 radical (unpaired) electrons. The van der Waals surface area contributed by atoms with Gasteiger partial charge in [-0.2, -0.15) is 0 Å². The van der Waals surface area contributed by atoms with Crippen LogP contribution in [0, 0.1) is 0 Å². The Hall–Kier alpha value is -2.57. The van der Waals surface area contributed by atoms with Crippen LogP contribution in [-0.4, -0.2) is 29.8 Å². The van der Waals surface area contributed by atoms with Crippen LogP contribution in [0.15, 0.2) is 60.7 Å². The number of amides is 1. The van der Waals surface area contributed by atoms with Crippen molar-refractivity contribution in [3.8, 4) is 0 Å². The maximum absolute atomic E-state index is 11.7. The molecule has 25 heavy (non-hydrogen) atoms. The van der Waals surface area contributed by atoms with Gasteiger partial charge in [0.05, 0.1) is 13.2 Å². The van der Waals surface area contributed by atoms with Gasteiger partial charge in [0, 0.05) is 0 Å². The van der Waals surface area contributed by atoms with Crippen molar-refractivity contribution >= 4 is 24.5 Å². The molecular weight excluding hydrogens is 346 g/mol. The molecule has 7 heteroatoms. The Morgan fingerprint density at radius 1 is 0.920 bits per heavy atom. The maximum atomic E-state index is 11.7. The van der Waals surface area contributed by atoms with Crippen LogP contribution >= 0.6 is 12.4 Å². The first-order valence-corrected chi connectivity index (χ1v) is 7.47. The summed E-state index contributed by atoms with van der Waals surface area (Å²) in [5.41, 5.74) is 1.74. The van der Waals surface area contributed by atoms with E-state index < -0.39 is 18.1 Å². The minimum atomic E-state index is -1.18. The van der Waals surface area contributed by atoms with E-state index in [1.807, 2.05) is 60.7 Å². The van der Waals surface area contributed by atoms with Gasteiger partial charge in [0.2, 0.25) is 0 Å². The predicted molar refractivity (Wildman–Crippen MR) is 94.5 cm³/mol. The van der Waals surface area contributed by atoms with Crippen LogP contribution in [-0.2, 0) is 27.5 Å². The van der Waals surface area contributed by atoms with Gasteiger partial charge in [-0.1, -0.05) is 60.7 Å². The van der Waals surface area contributed by atoms with Gasteiger partial charge in [0.1, 0.15) is 6.61 Å². The monoisotopic (exact) mass is 365 g/mol. The Bertz CT molecular complexity index is 651. The molecule has 1 amide bonds. The summed E-state index contributed by atoms with van der Waals surface area (Å²) >= 11 is 0. The molecule has 0 unspecified atom stereocenters. The summed E-state index contributed by atoms with van der Waals surface area (Å²) in [5, 5.41) is 11.4. The first-order valence-electron chi connectivity index (χ1n) is 7.47. The van der Waals surface area contributed by atoms with Gasteiger partial charge in [0.25, 0.3) is 0 Å². The third-order valence-electron chi connectivity index (χ3n) is 3.20. The largest absolute Gasteiger partial charge is 0.480 e. The highest BCUT2D eigenvalue weighted by atomic mass is 35.5. The highest BCUT2D eigenvalue weighted by Gasteiger charge is 2.21. The lowest BCUT2D eigenvalue weighted by Crippen LogP contribution is -2.44. The standard InChI is InChI=1S/C18H19NO5.ClH/c20-17(21)16(13-23-11-14-7-3-1-4-8-14)19-18(22)24-12-15-9-5-2-6-10-15;/h1-10,16H,11-13H2,(H,19,22)(H,20,21);1H/t16-;/m0./s1. The fourth-order valence-electron chi connectivity index (χ4n) is 1.95. The zero-order chi connectivity index (χ0) is 17.2. The lowest BCUT2D eigenvalue weighted by Gasteiger charge is -2.15. The number of carbonyl (C=O) groups excluding carboxylic acids is 1. The summed E-state index contributed by atoms with van der Waals surface area (Å²) in [4.78, 5) is 22.9. The van der Waals surface area contributed by atoms with Crippen LogP contribution < -0.4 is 5.32 Å². The Labute approximate surface area is 152 Å². The van der Waals surface area contributed by atoms with E-state index in [9.17, 15) is 9.59 Å². The molecule has 0 aliphatic heterocycles. The first-order chi connectivity index (χ1) is 11.6. The van der Waals surface area contributed by atoms with Crippen molar-refractivity contribution < 1.29 is 24.2 Å². The van der Waals surface area contributed by atoms with Crippen molar-refractivity contribution in [2.45, 2.75) is 19.3 Å². The minimum Gasteiger partial charge on any atom is -0.480 e. The van der Waals surface area contributed by atoms with Crippen LogP contribution in [0.25, 0.3) is 0 Å². The molecule has 2 aromatic rings. The number of hydrogen-bond acceptors (Lipinski definition) is 4. The van der Waals surface area contributed by atoms with Gasteiger partial charge in [-0.25, -0.2) is 9.59 Å². The molecule has 2 aromatic carbocycles. The number of ether oxygens (including phenoxy) is 2. The minimum absolute atomic E-state index is 0. The number of aliphatic carboxylic acids is 1. The Balaban J connectivity index is 0.00000312. The summed E-state index contributed by atoms with van der Waals surface area (Å²) in [6.45, 7) is 0.194. The molecular formula is C18H20ClNO5. The summed E-state index contributed by atoms with van der Waals surface area (Å²) in [6, 6.07) is 17.3. The van der Waals surface area contributed by atoms with Gasteiger partial charge >= 0.3 is 12.1 Å². The van der Waals surface area contributed by atoms with Crippen molar-refractivity contribution in [2.24, 2.45) is 0 Å². The molecule has 2 rings (SSSR count). The second kappa shape index (κ2) is 11.1. The fraction of sp³-hybridized carbons (Fsp3) is 0.222. The molecule has 0 saturated heterocycles. The normalized spacial score (nSPS) is 11.0. The molecule has 0 heterocycles. The van der Waals surface area contributed by atoms with Crippen molar-refractivity contribution in [3.63, 3.8) is 0 Å². The molecule has 6 nitrogen and oxygen atoms in total. The van der Waals surface area contributed by atoms with Gasteiger partial charge in [-0.05, 0) is 11.1 Å². The molecule has 134 valence electrons.